The molecule has 2 nitrogen and oxygen atoms in total. The van der Waals surface area contributed by atoms with Gasteiger partial charge in [-0.2, -0.15) is 0 Å². The Labute approximate surface area is 110 Å². The topological polar surface area (TPSA) is 52.0 Å². The van der Waals surface area contributed by atoms with Crippen molar-refractivity contribution in [2.24, 2.45) is 11.5 Å². The van der Waals surface area contributed by atoms with Gasteiger partial charge in [0.05, 0.1) is 0 Å². The van der Waals surface area contributed by atoms with Gasteiger partial charge in [0.1, 0.15) is 0 Å². The van der Waals surface area contributed by atoms with Crippen LogP contribution in [0.4, 0.5) is 0 Å². The second-order valence-corrected chi connectivity index (χ2v) is 3.89. The van der Waals surface area contributed by atoms with Crippen LogP contribution in [0.1, 0.15) is 22.3 Å². The number of benzene rings is 2. The van der Waals surface area contributed by atoms with Crippen molar-refractivity contribution in [1.82, 2.24) is 0 Å². The number of rotatable bonds is 0. The lowest BCUT2D eigenvalue weighted by Gasteiger charge is -2.18. The maximum atomic E-state index is 4.50. The molecule has 0 fully saturated rings. The maximum absolute atomic E-state index is 4.50. The van der Waals surface area contributed by atoms with Gasteiger partial charge in [0.25, 0.3) is 0 Å². The molecule has 0 bridgehead atoms. The van der Waals surface area contributed by atoms with E-state index in [9.17, 15) is 0 Å². The van der Waals surface area contributed by atoms with E-state index in [1.54, 1.807) is 0 Å². The molecule has 4 N–H and O–H groups in total. The van der Waals surface area contributed by atoms with Crippen molar-refractivity contribution in [1.29, 1.82) is 0 Å². The first-order chi connectivity index (χ1) is 8.93. The van der Waals surface area contributed by atoms with Crippen molar-refractivity contribution in [2.45, 2.75) is 12.8 Å². The maximum Gasteiger partial charge on any atom is -0.00201 e. The molecule has 96 valence electrons. The highest BCUT2D eigenvalue weighted by atomic mass is 14.4. The molecule has 0 radical (unpaired) electrons. The molecule has 0 saturated carbocycles. The lowest BCUT2D eigenvalue weighted by atomic mass is 9.86. The Hall–Kier alpha value is -1.64. The van der Waals surface area contributed by atoms with Crippen LogP contribution in [0.2, 0.25) is 0 Å². The highest BCUT2D eigenvalue weighted by Gasteiger charge is 2.12. The zero-order valence-electron chi connectivity index (χ0n) is 11.2. The molecule has 0 amide bonds. The van der Waals surface area contributed by atoms with E-state index in [0.29, 0.717) is 0 Å². The summed E-state index contributed by atoms with van der Waals surface area (Å²) in [6, 6.07) is 17.5. The Morgan fingerprint density at radius 1 is 0.556 bits per heavy atom. The molecular formula is C16H22N2. The van der Waals surface area contributed by atoms with Gasteiger partial charge >= 0.3 is 0 Å². The Kier molecular flexibility index (Phi) is 6.12. The summed E-state index contributed by atoms with van der Waals surface area (Å²) in [5, 5.41) is 0. The van der Waals surface area contributed by atoms with E-state index in [0.717, 1.165) is 12.8 Å². The van der Waals surface area contributed by atoms with Gasteiger partial charge in [-0.1, -0.05) is 48.5 Å². The molecule has 0 atom stereocenters. The lowest BCUT2D eigenvalue weighted by molar-refractivity contribution is 1.00. The van der Waals surface area contributed by atoms with Crippen LogP contribution in [-0.4, -0.2) is 14.1 Å². The summed E-state index contributed by atoms with van der Waals surface area (Å²) in [5.74, 6) is 0. The van der Waals surface area contributed by atoms with Crippen LogP contribution in [0.5, 0.6) is 0 Å². The zero-order valence-corrected chi connectivity index (χ0v) is 11.2. The largest absolute Gasteiger partial charge is 0.333 e. The summed E-state index contributed by atoms with van der Waals surface area (Å²) < 4.78 is 0. The number of hydrogen-bond donors (Lipinski definition) is 2. The van der Waals surface area contributed by atoms with E-state index in [4.69, 9.17) is 0 Å². The van der Waals surface area contributed by atoms with E-state index in [1.807, 2.05) is 0 Å². The fourth-order valence-corrected chi connectivity index (χ4v) is 2.22. The molecule has 2 aromatic rings. The van der Waals surface area contributed by atoms with Gasteiger partial charge in [0, 0.05) is 0 Å². The Morgan fingerprint density at radius 3 is 1.00 bits per heavy atom. The first-order valence-electron chi connectivity index (χ1n) is 6.22. The van der Waals surface area contributed by atoms with Gasteiger partial charge in [-0.25, -0.2) is 0 Å². The molecule has 3 rings (SSSR count). The van der Waals surface area contributed by atoms with Crippen LogP contribution < -0.4 is 11.5 Å². The van der Waals surface area contributed by atoms with Gasteiger partial charge in [0.2, 0.25) is 0 Å². The molecule has 0 saturated heterocycles. The van der Waals surface area contributed by atoms with Crippen LogP contribution in [0.25, 0.3) is 0 Å². The Bertz CT molecular complexity index is 391. The third kappa shape index (κ3) is 3.19. The quantitative estimate of drug-likeness (QED) is 0.635. The fourth-order valence-electron chi connectivity index (χ4n) is 2.22. The van der Waals surface area contributed by atoms with Crippen LogP contribution in [0.15, 0.2) is 48.5 Å². The van der Waals surface area contributed by atoms with Gasteiger partial charge < -0.3 is 11.5 Å². The van der Waals surface area contributed by atoms with Crippen LogP contribution in [0.3, 0.4) is 0 Å². The number of hydrogen-bond acceptors (Lipinski definition) is 2. The second-order valence-electron chi connectivity index (χ2n) is 3.89. The van der Waals surface area contributed by atoms with Crippen LogP contribution in [-0.2, 0) is 12.8 Å². The Balaban J connectivity index is 0.000000371. The minimum absolute atomic E-state index is 1.10. The van der Waals surface area contributed by atoms with Gasteiger partial charge in [-0.3, -0.25) is 0 Å². The zero-order chi connectivity index (χ0) is 13.4. The summed E-state index contributed by atoms with van der Waals surface area (Å²) >= 11 is 0. The molecule has 1 aliphatic rings. The van der Waals surface area contributed by atoms with E-state index < -0.39 is 0 Å². The first-order valence-corrected chi connectivity index (χ1v) is 6.22. The summed E-state index contributed by atoms with van der Waals surface area (Å²) in [5.41, 5.74) is 15.0. The lowest BCUT2D eigenvalue weighted by Crippen LogP contribution is -2.06. The van der Waals surface area contributed by atoms with Gasteiger partial charge in [-0.05, 0) is 49.2 Å². The van der Waals surface area contributed by atoms with Crippen molar-refractivity contribution in [2.75, 3.05) is 14.1 Å². The average Bonchev–Trinajstić information content (AvgIpc) is 2.49. The molecule has 0 heterocycles. The molecule has 0 spiro atoms. The molecule has 0 aromatic heterocycles. The van der Waals surface area contributed by atoms with E-state index in [2.05, 4.69) is 60.0 Å². The smallest absolute Gasteiger partial charge is 0.00201 e. The summed E-state index contributed by atoms with van der Waals surface area (Å²) in [6.07, 6.45) is 2.21. The highest BCUT2D eigenvalue weighted by Crippen LogP contribution is 2.26. The SMILES string of the molecule is CN.CN.c1ccc2c(c1)Cc1ccccc1C2. The van der Waals surface area contributed by atoms with Gasteiger partial charge in [-0.15, -0.1) is 0 Å². The fraction of sp³-hybridized carbons (Fsp3) is 0.250. The predicted octanol–water partition coefficient (Wildman–Crippen LogP) is 2.33. The molecule has 1 aliphatic carbocycles. The van der Waals surface area contributed by atoms with Crippen molar-refractivity contribution < 1.29 is 0 Å². The molecule has 18 heavy (non-hydrogen) atoms. The predicted molar refractivity (Wildman–Crippen MR) is 78.7 cm³/mol. The Morgan fingerprint density at radius 2 is 0.778 bits per heavy atom. The van der Waals surface area contributed by atoms with Crippen molar-refractivity contribution in [3.8, 4) is 0 Å². The molecule has 2 aromatic carbocycles. The first kappa shape index (κ1) is 14.4. The monoisotopic (exact) mass is 242 g/mol. The molecule has 0 aliphatic heterocycles. The standard InChI is InChI=1S/C14H12.2CH5N/c1-2-6-12-10-14-8-4-3-7-13(14)9-11(12)5-1;2*1-2/h1-8H,9-10H2;2*2H2,1H3. The number of fused-ring (bicyclic) bond motifs is 2. The van der Waals surface area contributed by atoms with E-state index in [1.165, 1.54) is 36.3 Å². The third-order valence-electron chi connectivity index (χ3n) is 3.00. The minimum Gasteiger partial charge on any atom is -0.333 e. The van der Waals surface area contributed by atoms with Crippen LogP contribution in [0, 0.1) is 0 Å². The average molecular weight is 242 g/mol. The summed E-state index contributed by atoms with van der Waals surface area (Å²) in [7, 11) is 3.00. The van der Waals surface area contributed by atoms with Crippen molar-refractivity contribution in [3.63, 3.8) is 0 Å². The molecule has 0 unspecified atom stereocenters. The molecular weight excluding hydrogens is 220 g/mol. The van der Waals surface area contributed by atoms with Crippen LogP contribution >= 0.6 is 0 Å². The highest BCUT2D eigenvalue weighted by molar-refractivity contribution is 5.44. The molecule has 2 heteroatoms. The normalized spacial score (nSPS) is 10.9. The van der Waals surface area contributed by atoms with Gasteiger partial charge in [0.15, 0.2) is 0 Å². The minimum atomic E-state index is 1.10. The van der Waals surface area contributed by atoms with E-state index >= 15 is 0 Å². The summed E-state index contributed by atoms with van der Waals surface area (Å²) in [6.45, 7) is 0. The number of nitrogens with two attached hydrogens (primary N) is 2. The third-order valence-corrected chi connectivity index (χ3v) is 3.00. The van der Waals surface area contributed by atoms with E-state index in [-0.39, 0.29) is 0 Å². The second kappa shape index (κ2) is 7.64. The van der Waals surface area contributed by atoms with Crippen molar-refractivity contribution >= 4 is 0 Å². The summed E-state index contributed by atoms with van der Waals surface area (Å²) in [4.78, 5) is 0. The van der Waals surface area contributed by atoms with Crippen molar-refractivity contribution in [3.05, 3.63) is 70.8 Å².